The third-order valence-electron chi connectivity index (χ3n) is 2.74. The van der Waals surface area contributed by atoms with Crippen LogP contribution >= 0.6 is 11.6 Å². The van der Waals surface area contributed by atoms with E-state index in [-0.39, 0.29) is 11.2 Å². The maximum atomic E-state index is 11.8. The normalized spacial score (nSPS) is 13.0. The van der Waals surface area contributed by atoms with Crippen LogP contribution in [0.3, 0.4) is 0 Å². The van der Waals surface area contributed by atoms with E-state index >= 15 is 0 Å². The number of halogens is 1. The minimum absolute atomic E-state index is 0.0788. The van der Waals surface area contributed by atoms with Crippen molar-refractivity contribution in [3.63, 3.8) is 0 Å². The molecular formula is C14H14ClN3O2. The molecular weight excluding hydrogens is 278 g/mol. The first-order chi connectivity index (χ1) is 9.56. The maximum absolute atomic E-state index is 11.8. The van der Waals surface area contributed by atoms with Gasteiger partial charge in [0.25, 0.3) is 0 Å². The zero-order valence-electron chi connectivity index (χ0n) is 10.8. The zero-order chi connectivity index (χ0) is 14.5. The van der Waals surface area contributed by atoms with Gasteiger partial charge < -0.3 is 10.5 Å². The van der Waals surface area contributed by atoms with Crippen molar-refractivity contribution in [2.45, 2.75) is 13.0 Å². The van der Waals surface area contributed by atoms with E-state index in [1.165, 1.54) is 18.3 Å². The third-order valence-corrected chi connectivity index (χ3v) is 3.02. The van der Waals surface area contributed by atoms with E-state index in [1.807, 2.05) is 37.3 Å². The lowest BCUT2D eigenvalue weighted by molar-refractivity contribution is 0.185. The molecule has 0 saturated carbocycles. The highest BCUT2D eigenvalue weighted by atomic mass is 35.5. The number of urea groups is 1. The first-order valence-electron chi connectivity index (χ1n) is 6.04. The summed E-state index contributed by atoms with van der Waals surface area (Å²) in [5.74, 6) is 0. The quantitative estimate of drug-likeness (QED) is 0.660. The average Bonchev–Trinajstić information content (AvgIpc) is 2.44. The van der Waals surface area contributed by atoms with Crippen molar-refractivity contribution >= 4 is 17.6 Å². The highest BCUT2D eigenvalue weighted by molar-refractivity contribution is 6.29. The molecule has 0 aliphatic heterocycles. The topological polar surface area (TPSA) is 66.6 Å². The summed E-state index contributed by atoms with van der Waals surface area (Å²) < 4.78 is 0.741. The van der Waals surface area contributed by atoms with Gasteiger partial charge in [0.15, 0.2) is 0 Å². The van der Waals surface area contributed by atoms with Gasteiger partial charge in [-0.2, -0.15) is 9.72 Å². The molecule has 2 N–H and O–H groups in total. The molecule has 1 aromatic heterocycles. The molecule has 2 rings (SSSR count). The Balaban J connectivity index is 2.11. The molecule has 1 aromatic carbocycles. The number of carbonyl (C=O) groups excluding carboxylic acids is 1. The van der Waals surface area contributed by atoms with Crippen molar-refractivity contribution < 1.29 is 10.0 Å². The minimum Gasteiger partial charge on any atom is -0.428 e. The van der Waals surface area contributed by atoms with Gasteiger partial charge in [-0.1, -0.05) is 41.9 Å². The SMILES string of the molecule is CC(NC(=O)/N=c1\ccn(O)c(Cl)c1)c1ccccc1. The highest BCUT2D eigenvalue weighted by Gasteiger charge is 2.07. The second-order valence-corrected chi connectivity index (χ2v) is 4.63. The molecule has 0 aliphatic carbocycles. The minimum atomic E-state index is -0.465. The van der Waals surface area contributed by atoms with Crippen molar-refractivity contribution in [2.75, 3.05) is 0 Å². The number of pyridine rings is 1. The monoisotopic (exact) mass is 291 g/mol. The number of aromatic nitrogens is 1. The van der Waals surface area contributed by atoms with Gasteiger partial charge in [0.2, 0.25) is 0 Å². The van der Waals surface area contributed by atoms with Crippen LogP contribution in [0.4, 0.5) is 4.79 Å². The van der Waals surface area contributed by atoms with Crippen LogP contribution in [-0.2, 0) is 0 Å². The molecule has 6 heteroatoms. The molecule has 0 fully saturated rings. The van der Waals surface area contributed by atoms with E-state index in [4.69, 9.17) is 11.6 Å². The number of amides is 2. The van der Waals surface area contributed by atoms with E-state index < -0.39 is 6.03 Å². The van der Waals surface area contributed by atoms with Gasteiger partial charge >= 0.3 is 6.03 Å². The molecule has 5 nitrogen and oxygen atoms in total. The van der Waals surface area contributed by atoms with Crippen molar-refractivity contribution in [1.82, 2.24) is 10.0 Å². The Kier molecular flexibility index (Phi) is 4.42. The van der Waals surface area contributed by atoms with E-state index in [0.717, 1.165) is 10.3 Å². The molecule has 1 atom stereocenters. The summed E-state index contributed by atoms with van der Waals surface area (Å²) >= 11 is 5.72. The summed E-state index contributed by atoms with van der Waals surface area (Å²) in [7, 11) is 0. The van der Waals surface area contributed by atoms with Crippen LogP contribution in [-0.4, -0.2) is 16.0 Å². The second kappa shape index (κ2) is 6.25. The maximum Gasteiger partial charge on any atom is 0.341 e. The number of rotatable bonds is 2. The first-order valence-corrected chi connectivity index (χ1v) is 6.41. The Labute approximate surface area is 121 Å². The van der Waals surface area contributed by atoms with Gasteiger partial charge in [0.05, 0.1) is 11.4 Å². The molecule has 20 heavy (non-hydrogen) atoms. The molecule has 0 saturated heterocycles. The van der Waals surface area contributed by atoms with Crippen molar-refractivity contribution in [2.24, 2.45) is 4.99 Å². The molecule has 0 radical (unpaired) electrons. The molecule has 2 aromatic rings. The second-order valence-electron chi connectivity index (χ2n) is 4.25. The van der Waals surface area contributed by atoms with Crippen molar-refractivity contribution in [1.29, 1.82) is 0 Å². The van der Waals surface area contributed by atoms with Crippen molar-refractivity contribution in [3.8, 4) is 0 Å². The van der Waals surface area contributed by atoms with Gasteiger partial charge in [0, 0.05) is 12.3 Å². The Bertz CT molecular complexity index is 668. The number of nitrogens with one attached hydrogen (secondary N) is 1. The fraction of sp³-hybridized carbons (Fsp3) is 0.143. The number of nitrogens with zero attached hydrogens (tertiary/aromatic N) is 2. The summed E-state index contributed by atoms with van der Waals surface area (Å²) in [6, 6.07) is 11.9. The summed E-state index contributed by atoms with van der Waals surface area (Å²) in [5.41, 5.74) is 0.996. The summed E-state index contributed by atoms with van der Waals surface area (Å²) in [6.07, 6.45) is 1.31. The van der Waals surface area contributed by atoms with Gasteiger partial charge in [-0.25, -0.2) is 4.79 Å². The van der Waals surface area contributed by atoms with E-state index in [0.29, 0.717) is 5.36 Å². The van der Waals surface area contributed by atoms with E-state index in [2.05, 4.69) is 10.3 Å². The van der Waals surface area contributed by atoms with Crippen LogP contribution < -0.4 is 10.7 Å². The predicted octanol–water partition coefficient (Wildman–Crippen LogP) is 2.75. The first kappa shape index (κ1) is 14.1. The van der Waals surface area contributed by atoms with E-state index in [1.54, 1.807) is 0 Å². The standard InChI is InChI=1S/C14H14ClN3O2/c1-10(11-5-3-2-4-6-11)16-14(19)17-12-7-8-18(20)13(15)9-12/h2-10,20H,1H3,(H,16,19)/b17-12+. The zero-order valence-corrected chi connectivity index (χ0v) is 11.6. The molecule has 2 amide bonds. The highest BCUT2D eigenvalue weighted by Crippen LogP contribution is 2.10. The van der Waals surface area contributed by atoms with Crippen LogP contribution in [0.25, 0.3) is 0 Å². The lowest BCUT2D eigenvalue weighted by Crippen LogP contribution is -2.25. The van der Waals surface area contributed by atoms with Gasteiger partial charge in [-0.15, -0.1) is 0 Å². The molecule has 0 spiro atoms. The van der Waals surface area contributed by atoms with Crippen LogP contribution in [0.5, 0.6) is 0 Å². The number of hydrogen-bond acceptors (Lipinski definition) is 2. The number of benzene rings is 1. The Hall–Kier alpha value is -2.27. The van der Waals surface area contributed by atoms with Crippen molar-refractivity contribution in [3.05, 3.63) is 64.7 Å². The molecule has 104 valence electrons. The molecule has 1 heterocycles. The van der Waals surface area contributed by atoms with E-state index in [9.17, 15) is 10.0 Å². The van der Waals surface area contributed by atoms with Gasteiger partial charge in [0.1, 0.15) is 5.15 Å². The van der Waals surface area contributed by atoms with Gasteiger partial charge in [-0.3, -0.25) is 0 Å². The summed E-state index contributed by atoms with van der Waals surface area (Å²) in [4.78, 5) is 15.7. The fourth-order valence-corrected chi connectivity index (χ4v) is 1.85. The third kappa shape index (κ3) is 3.61. The Morgan fingerprint density at radius 1 is 1.35 bits per heavy atom. The Morgan fingerprint density at radius 3 is 2.70 bits per heavy atom. The van der Waals surface area contributed by atoms with Crippen LogP contribution in [0, 0.1) is 0 Å². The number of hydrogen-bond donors (Lipinski definition) is 2. The number of carbonyl (C=O) groups is 1. The molecule has 0 aliphatic rings. The lowest BCUT2D eigenvalue weighted by Gasteiger charge is -2.11. The summed E-state index contributed by atoms with van der Waals surface area (Å²) in [6.45, 7) is 1.88. The van der Waals surface area contributed by atoms with Crippen LogP contribution in [0.2, 0.25) is 5.15 Å². The molecule has 1 unspecified atom stereocenters. The average molecular weight is 292 g/mol. The largest absolute Gasteiger partial charge is 0.428 e. The predicted molar refractivity (Wildman–Crippen MR) is 75.6 cm³/mol. The summed E-state index contributed by atoms with van der Waals surface area (Å²) in [5, 5.41) is 12.4. The van der Waals surface area contributed by atoms with Gasteiger partial charge in [-0.05, 0) is 18.6 Å². The lowest BCUT2D eigenvalue weighted by atomic mass is 10.1. The van der Waals surface area contributed by atoms with Crippen LogP contribution in [0.1, 0.15) is 18.5 Å². The van der Waals surface area contributed by atoms with Crippen LogP contribution in [0.15, 0.2) is 53.7 Å². The smallest absolute Gasteiger partial charge is 0.341 e. The Morgan fingerprint density at radius 2 is 2.05 bits per heavy atom. The molecule has 0 bridgehead atoms. The fourth-order valence-electron chi connectivity index (χ4n) is 1.68.